The predicted octanol–water partition coefficient (Wildman–Crippen LogP) is 3.80. The SMILES string of the molecule is O=C(C1CCc2ccccc2C1)N1CCCCCC1CCl. The topological polar surface area (TPSA) is 20.3 Å². The number of halogens is 1. The Bertz CT molecular complexity index is 502. The van der Waals surface area contributed by atoms with Crippen LogP contribution in [0.5, 0.6) is 0 Å². The van der Waals surface area contributed by atoms with Gasteiger partial charge in [-0.2, -0.15) is 0 Å². The van der Waals surface area contributed by atoms with Crippen LogP contribution in [0.1, 0.15) is 43.2 Å². The Kier molecular flexibility index (Phi) is 4.84. The van der Waals surface area contributed by atoms with Crippen molar-refractivity contribution in [2.24, 2.45) is 5.92 Å². The lowest BCUT2D eigenvalue weighted by molar-refractivity contribution is -0.137. The molecule has 3 rings (SSSR count). The number of fused-ring (bicyclic) bond motifs is 1. The minimum absolute atomic E-state index is 0.156. The number of hydrogen-bond acceptors (Lipinski definition) is 1. The Morgan fingerprint density at radius 3 is 2.76 bits per heavy atom. The number of carbonyl (C=O) groups is 1. The van der Waals surface area contributed by atoms with Crippen LogP contribution in [0.2, 0.25) is 0 Å². The first-order chi connectivity index (χ1) is 10.3. The summed E-state index contributed by atoms with van der Waals surface area (Å²) in [7, 11) is 0. The second kappa shape index (κ2) is 6.83. The van der Waals surface area contributed by atoms with Crippen LogP contribution in [0, 0.1) is 5.92 Å². The largest absolute Gasteiger partial charge is 0.338 e. The maximum absolute atomic E-state index is 13.0. The molecule has 0 saturated carbocycles. The molecule has 0 aromatic heterocycles. The number of benzene rings is 1. The molecule has 1 saturated heterocycles. The minimum atomic E-state index is 0.156. The monoisotopic (exact) mass is 305 g/mol. The van der Waals surface area contributed by atoms with E-state index in [1.54, 1.807) is 0 Å². The molecule has 2 nitrogen and oxygen atoms in total. The minimum Gasteiger partial charge on any atom is -0.338 e. The third-order valence-corrected chi connectivity index (χ3v) is 5.39. The van der Waals surface area contributed by atoms with Crippen LogP contribution in [-0.4, -0.2) is 29.3 Å². The van der Waals surface area contributed by atoms with Crippen molar-refractivity contribution in [1.29, 1.82) is 0 Å². The first-order valence-corrected chi connectivity index (χ1v) is 8.76. The maximum atomic E-state index is 13.0. The lowest BCUT2D eigenvalue weighted by Crippen LogP contribution is -2.45. The Morgan fingerprint density at radius 2 is 1.95 bits per heavy atom. The van der Waals surface area contributed by atoms with Gasteiger partial charge in [0.15, 0.2) is 0 Å². The molecule has 1 aromatic carbocycles. The number of amides is 1. The summed E-state index contributed by atoms with van der Waals surface area (Å²) >= 11 is 6.12. The molecule has 1 aliphatic carbocycles. The number of hydrogen-bond donors (Lipinski definition) is 0. The van der Waals surface area contributed by atoms with E-state index in [2.05, 4.69) is 29.2 Å². The van der Waals surface area contributed by atoms with Gasteiger partial charge in [-0.25, -0.2) is 0 Å². The summed E-state index contributed by atoms with van der Waals surface area (Å²) in [5.74, 6) is 1.08. The summed E-state index contributed by atoms with van der Waals surface area (Å²) < 4.78 is 0. The highest BCUT2D eigenvalue weighted by Gasteiger charge is 2.32. The van der Waals surface area contributed by atoms with Crippen LogP contribution in [0.4, 0.5) is 0 Å². The van der Waals surface area contributed by atoms with Crippen LogP contribution in [-0.2, 0) is 17.6 Å². The number of nitrogens with zero attached hydrogens (tertiary/aromatic N) is 1. The smallest absolute Gasteiger partial charge is 0.226 e. The lowest BCUT2D eigenvalue weighted by Gasteiger charge is -2.34. The van der Waals surface area contributed by atoms with Crippen molar-refractivity contribution in [3.63, 3.8) is 0 Å². The van der Waals surface area contributed by atoms with Crippen LogP contribution in [0.3, 0.4) is 0 Å². The number of likely N-dealkylation sites (tertiary alicyclic amines) is 1. The van der Waals surface area contributed by atoms with Crippen molar-refractivity contribution < 1.29 is 4.79 Å². The molecule has 3 heteroatoms. The zero-order valence-electron chi connectivity index (χ0n) is 12.6. The lowest BCUT2D eigenvalue weighted by atomic mass is 9.83. The fraction of sp³-hybridized carbons (Fsp3) is 0.611. The van der Waals surface area contributed by atoms with E-state index in [9.17, 15) is 4.79 Å². The van der Waals surface area contributed by atoms with E-state index in [0.29, 0.717) is 11.8 Å². The molecule has 1 aliphatic heterocycles. The number of carbonyl (C=O) groups excluding carboxylic acids is 1. The zero-order chi connectivity index (χ0) is 14.7. The van der Waals surface area contributed by atoms with E-state index in [-0.39, 0.29) is 12.0 Å². The van der Waals surface area contributed by atoms with Gasteiger partial charge in [0, 0.05) is 24.4 Å². The van der Waals surface area contributed by atoms with E-state index in [1.807, 2.05) is 0 Å². The predicted molar refractivity (Wildman–Crippen MR) is 86.6 cm³/mol. The highest BCUT2D eigenvalue weighted by molar-refractivity contribution is 6.18. The molecule has 0 radical (unpaired) electrons. The normalized spacial score (nSPS) is 26.0. The third-order valence-electron chi connectivity index (χ3n) is 5.03. The molecule has 0 bridgehead atoms. The first kappa shape index (κ1) is 14.9. The molecular weight excluding hydrogens is 282 g/mol. The summed E-state index contributed by atoms with van der Waals surface area (Å²) in [6, 6.07) is 8.80. The average molecular weight is 306 g/mol. The van der Waals surface area contributed by atoms with E-state index in [1.165, 1.54) is 24.0 Å². The summed E-state index contributed by atoms with van der Waals surface area (Å²) in [4.78, 5) is 15.0. The molecule has 1 aromatic rings. The molecule has 1 heterocycles. The molecule has 0 N–H and O–H groups in total. The van der Waals surface area contributed by atoms with E-state index in [4.69, 9.17) is 11.6 Å². The molecule has 1 fully saturated rings. The van der Waals surface area contributed by atoms with Crippen molar-refractivity contribution in [3.8, 4) is 0 Å². The highest BCUT2D eigenvalue weighted by Crippen LogP contribution is 2.29. The Morgan fingerprint density at radius 1 is 1.14 bits per heavy atom. The van der Waals surface area contributed by atoms with Gasteiger partial charge in [0.1, 0.15) is 0 Å². The highest BCUT2D eigenvalue weighted by atomic mass is 35.5. The van der Waals surface area contributed by atoms with Gasteiger partial charge in [-0.1, -0.05) is 37.1 Å². The summed E-state index contributed by atoms with van der Waals surface area (Å²) in [5, 5.41) is 0. The number of aryl methyl sites for hydroxylation is 1. The second-order valence-corrected chi connectivity index (χ2v) is 6.71. The molecule has 21 heavy (non-hydrogen) atoms. The van der Waals surface area contributed by atoms with E-state index < -0.39 is 0 Å². The average Bonchev–Trinajstić information content (AvgIpc) is 2.79. The maximum Gasteiger partial charge on any atom is 0.226 e. The zero-order valence-corrected chi connectivity index (χ0v) is 13.3. The quantitative estimate of drug-likeness (QED) is 0.761. The van der Waals surface area contributed by atoms with Crippen LogP contribution >= 0.6 is 11.6 Å². The molecule has 2 unspecified atom stereocenters. The van der Waals surface area contributed by atoms with Crippen molar-refractivity contribution in [2.75, 3.05) is 12.4 Å². The summed E-state index contributed by atoms with van der Waals surface area (Å²) in [6.45, 7) is 0.897. The van der Waals surface area contributed by atoms with Gasteiger partial charge in [-0.3, -0.25) is 4.79 Å². The molecule has 0 spiro atoms. The standard InChI is InChI=1S/C18H24ClNO/c19-13-17-8-2-1-5-11-20(17)18(21)16-10-9-14-6-3-4-7-15(14)12-16/h3-4,6-7,16-17H,1-2,5,8-13H2. The van der Waals surface area contributed by atoms with Gasteiger partial charge in [-0.15, -0.1) is 11.6 Å². The van der Waals surface area contributed by atoms with Crippen molar-refractivity contribution >= 4 is 17.5 Å². The fourth-order valence-corrected chi connectivity index (χ4v) is 4.09. The van der Waals surface area contributed by atoms with Gasteiger partial charge in [-0.05, 0) is 43.2 Å². The second-order valence-electron chi connectivity index (χ2n) is 6.40. The van der Waals surface area contributed by atoms with Gasteiger partial charge in [0.25, 0.3) is 0 Å². The van der Waals surface area contributed by atoms with Gasteiger partial charge in [0.05, 0.1) is 0 Å². The van der Waals surface area contributed by atoms with Gasteiger partial charge >= 0.3 is 0 Å². The van der Waals surface area contributed by atoms with Crippen LogP contribution in [0.25, 0.3) is 0 Å². The third kappa shape index (κ3) is 3.26. The Balaban J connectivity index is 1.73. The van der Waals surface area contributed by atoms with E-state index >= 15 is 0 Å². The molecule has 114 valence electrons. The summed E-state index contributed by atoms with van der Waals surface area (Å²) in [5.41, 5.74) is 2.78. The number of alkyl halides is 1. The van der Waals surface area contributed by atoms with Crippen molar-refractivity contribution in [3.05, 3.63) is 35.4 Å². The van der Waals surface area contributed by atoms with Gasteiger partial charge in [0.2, 0.25) is 5.91 Å². The van der Waals surface area contributed by atoms with Crippen LogP contribution < -0.4 is 0 Å². The van der Waals surface area contributed by atoms with Gasteiger partial charge < -0.3 is 4.90 Å². The Labute approximate surface area is 132 Å². The Hall–Kier alpha value is -1.02. The van der Waals surface area contributed by atoms with Crippen molar-refractivity contribution in [2.45, 2.75) is 51.0 Å². The fourth-order valence-electron chi connectivity index (χ4n) is 3.77. The summed E-state index contributed by atoms with van der Waals surface area (Å²) in [6.07, 6.45) is 7.55. The molecule has 2 aliphatic rings. The molecule has 1 amide bonds. The van der Waals surface area contributed by atoms with Crippen molar-refractivity contribution in [1.82, 2.24) is 4.90 Å². The van der Waals surface area contributed by atoms with Crippen LogP contribution in [0.15, 0.2) is 24.3 Å². The number of rotatable bonds is 2. The molecule has 2 atom stereocenters. The first-order valence-electron chi connectivity index (χ1n) is 8.23. The van der Waals surface area contributed by atoms with E-state index in [0.717, 1.165) is 38.6 Å². The molecular formula is C18H24ClNO.